The van der Waals surface area contributed by atoms with Crippen LogP contribution in [-0.4, -0.2) is 0 Å². The largest absolute Gasteiger partial charge is 0.0654 e. The molecule has 14 heavy (non-hydrogen) atoms. The quantitative estimate of drug-likeness (QED) is 0.594. The van der Waals surface area contributed by atoms with Gasteiger partial charge in [-0.15, -0.1) is 0 Å². The fraction of sp³-hybridized carbons (Fsp3) is 1.00. The Morgan fingerprint density at radius 1 is 0.929 bits per heavy atom. The van der Waals surface area contributed by atoms with Gasteiger partial charge >= 0.3 is 0 Å². The predicted molar refractivity (Wildman–Crippen MR) is 64.4 cm³/mol. The first-order chi connectivity index (χ1) is 6.51. The van der Waals surface area contributed by atoms with Crippen LogP contribution in [0, 0.1) is 17.3 Å². The Bertz CT molecular complexity index is 144. The van der Waals surface area contributed by atoms with Crippen molar-refractivity contribution >= 4 is 0 Å². The molecule has 0 heterocycles. The van der Waals surface area contributed by atoms with E-state index < -0.39 is 0 Å². The lowest BCUT2D eigenvalue weighted by molar-refractivity contribution is 0.199. The maximum atomic E-state index is 2.38. The molecule has 0 aromatic carbocycles. The van der Waals surface area contributed by atoms with E-state index in [4.69, 9.17) is 0 Å². The summed E-state index contributed by atoms with van der Waals surface area (Å²) < 4.78 is 0. The second-order valence-electron chi connectivity index (χ2n) is 6.44. The minimum absolute atomic E-state index is 0.544. The molecule has 0 N–H and O–H groups in total. The van der Waals surface area contributed by atoms with Crippen molar-refractivity contribution in [2.24, 2.45) is 17.3 Å². The molecule has 0 heteroatoms. The molecule has 0 spiro atoms. The average Bonchev–Trinajstić information content (AvgIpc) is 2.06. The van der Waals surface area contributed by atoms with E-state index in [2.05, 4.69) is 27.7 Å². The molecular weight excluding hydrogens is 168 g/mol. The van der Waals surface area contributed by atoms with Crippen LogP contribution in [-0.2, 0) is 0 Å². The van der Waals surface area contributed by atoms with Crippen LogP contribution in [0.25, 0.3) is 0 Å². The summed E-state index contributed by atoms with van der Waals surface area (Å²) in [5.74, 6) is 2.10. The molecule has 0 nitrogen and oxygen atoms in total. The highest BCUT2D eigenvalue weighted by atomic mass is 14.3. The van der Waals surface area contributed by atoms with Gasteiger partial charge in [0, 0.05) is 0 Å². The van der Waals surface area contributed by atoms with Crippen LogP contribution < -0.4 is 0 Å². The molecule has 84 valence electrons. The average molecular weight is 196 g/mol. The highest BCUT2D eigenvalue weighted by Crippen LogP contribution is 2.37. The summed E-state index contributed by atoms with van der Waals surface area (Å²) in [6, 6.07) is 0. The van der Waals surface area contributed by atoms with E-state index in [0.29, 0.717) is 5.41 Å². The third-order valence-corrected chi connectivity index (χ3v) is 3.56. The van der Waals surface area contributed by atoms with Crippen molar-refractivity contribution in [3.05, 3.63) is 0 Å². The molecule has 1 rings (SSSR count). The zero-order chi connectivity index (χ0) is 10.6. The summed E-state index contributed by atoms with van der Waals surface area (Å²) in [7, 11) is 0. The third kappa shape index (κ3) is 4.48. The van der Waals surface area contributed by atoms with Crippen molar-refractivity contribution in [1.82, 2.24) is 0 Å². The molecule has 1 aliphatic rings. The first-order valence-electron chi connectivity index (χ1n) is 6.51. The molecule has 0 saturated heterocycles. The van der Waals surface area contributed by atoms with E-state index in [0.717, 1.165) is 11.8 Å². The molecule has 0 aromatic rings. The zero-order valence-corrected chi connectivity index (χ0v) is 10.6. The molecule has 0 radical (unpaired) electrons. The second-order valence-corrected chi connectivity index (χ2v) is 6.44. The van der Waals surface area contributed by atoms with E-state index in [-0.39, 0.29) is 0 Å². The van der Waals surface area contributed by atoms with Crippen LogP contribution in [0.1, 0.15) is 72.6 Å². The van der Waals surface area contributed by atoms with Crippen molar-refractivity contribution in [2.45, 2.75) is 72.6 Å². The van der Waals surface area contributed by atoms with Gasteiger partial charge in [0.15, 0.2) is 0 Å². The van der Waals surface area contributed by atoms with Gasteiger partial charge in [-0.2, -0.15) is 0 Å². The van der Waals surface area contributed by atoms with Crippen LogP contribution in [0.3, 0.4) is 0 Å². The lowest BCUT2D eigenvalue weighted by Gasteiger charge is -2.32. The minimum atomic E-state index is 0.544. The Morgan fingerprint density at radius 3 is 1.86 bits per heavy atom. The van der Waals surface area contributed by atoms with Crippen LogP contribution in [0.15, 0.2) is 0 Å². The van der Waals surface area contributed by atoms with E-state index in [9.17, 15) is 0 Å². The second kappa shape index (κ2) is 5.19. The van der Waals surface area contributed by atoms with Crippen LogP contribution in [0.5, 0.6) is 0 Å². The maximum Gasteiger partial charge on any atom is -0.0380 e. The maximum absolute atomic E-state index is 2.38. The molecule has 1 aliphatic carbocycles. The Hall–Kier alpha value is 0. The number of hydrogen-bond acceptors (Lipinski definition) is 0. The first-order valence-corrected chi connectivity index (χ1v) is 6.51. The van der Waals surface area contributed by atoms with Crippen molar-refractivity contribution in [2.75, 3.05) is 0 Å². The van der Waals surface area contributed by atoms with Gasteiger partial charge in [0.1, 0.15) is 0 Å². The van der Waals surface area contributed by atoms with Gasteiger partial charge in [0.2, 0.25) is 0 Å². The molecular formula is C14H28. The zero-order valence-electron chi connectivity index (χ0n) is 10.6. The summed E-state index contributed by atoms with van der Waals surface area (Å²) in [5, 5.41) is 0. The van der Waals surface area contributed by atoms with Gasteiger partial charge in [-0.3, -0.25) is 0 Å². The van der Waals surface area contributed by atoms with E-state index in [1.165, 1.54) is 44.9 Å². The SMILES string of the molecule is CCCC1CCC(CC(C)(C)C)CC1. The topological polar surface area (TPSA) is 0 Å². The summed E-state index contributed by atoms with van der Waals surface area (Å²) in [6.07, 6.45) is 10.3. The number of rotatable bonds is 3. The lowest BCUT2D eigenvalue weighted by atomic mass is 9.74. The van der Waals surface area contributed by atoms with Crippen LogP contribution >= 0.6 is 0 Å². The summed E-state index contributed by atoms with van der Waals surface area (Å²) in [6.45, 7) is 9.46. The van der Waals surface area contributed by atoms with E-state index in [1.807, 2.05) is 0 Å². The molecule has 0 amide bonds. The molecule has 0 bridgehead atoms. The summed E-state index contributed by atoms with van der Waals surface area (Å²) in [4.78, 5) is 0. The van der Waals surface area contributed by atoms with Crippen LogP contribution in [0.2, 0.25) is 0 Å². The Balaban J connectivity index is 2.22. The highest BCUT2D eigenvalue weighted by molar-refractivity contribution is 4.76. The van der Waals surface area contributed by atoms with Crippen molar-refractivity contribution in [3.63, 3.8) is 0 Å². The van der Waals surface area contributed by atoms with Gasteiger partial charge < -0.3 is 0 Å². The van der Waals surface area contributed by atoms with E-state index >= 15 is 0 Å². The molecule has 0 aliphatic heterocycles. The van der Waals surface area contributed by atoms with Crippen LogP contribution in [0.4, 0.5) is 0 Å². The summed E-state index contributed by atoms with van der Waals surface area (Å²) in [5.41, 5.74) is 0.544. The monoisotopic (exact) mass is 196 g/mol. The molecule has 0 atom stereocenters. The number of hydrogen-bond donors (Lipinski definition) is 0. The van der Waals surface area contributed by atoms with Gasteiger partial charge in [0.25, 0.3) is 0 Å². The fourth-order valence-electron chi connectivity index (χ4n) is 3.00. The minimum Gasteiger partial charge on any atom is -0.0654 e. The van der Waals surface area contributed by atoms with Crippen molar-refractivity contribution in [3.8, 4) is 0 Å². The van der Waals surface area contributed by atoms with E-state index in [1.54, 1.807) is 0 Å². The standard InChI is InChI=1S/C14H28/c1-5-6-12-7-9-13(10-8-12)11-14(2,3)4/h12-13H,5-11H2,1-4H3. The van der Waals surface area contributed by atoms with Gasteiger partial charge in [-0.1, -0.05) is 66.2 Å². The highest BCUT2D eigenvalue weighted by Gasteiger charge is 2.24. The van der Waals surface area contributed by atoms with Crippen molar-refractivity contribution in [1.29, 1.82) is 0 Å². The molecule has 0 aromatic heterocycles. The predicted octanol–water partition coefficient (Wildman–Crippen LogP) is 5.03. The molecule has 1 fully saturated rings. The van der Waals surface area contributed by atoms with Gasteiger partial charge in [-0.05, 0) is 23.7 Å². The first kappa shape index (κ1) is 12.1. The molecule has 1 saturated carbocycles. The normalized spacial score (nSPS) is 29.1. The lowest BCUT2D eigenvalue weighted by Crippen LogP contribution is -2.19. The summed E-state index contributed by atoms with van der Waals surface area (Å²) >= 11 is 0. The third-order valence-electron chi connectivity index (χ3n) is 3.56. The van der Waals surface area contributed by atoms with Gasteiger partial charge in [-0.25, -0.2) is 0 Å². The molecule has 0 unspecified atom stereocenters. The smallest absolute Gasteiger partial charge is 0.0380 e. The van der Waals surface area contributed by atoms with Gasteiger partial charge in [0.05, 0.1) is 0 Å². The Labute approximate surface area is 90.5 Å². The fourth-order valence-corrected chi connectivity index (χ4v) is 3.00. The Morgan fingerprint density at radius 2 is 1.43 bits per heavy atom. The Kier molecular flexibility index (Phi) is 4.47. The van der Waals surface area contributed by atoms with Crippen molar-refractivity contribution < 1.29 is 0 Å².